The smallest absolute Gasteiger partial charge is 0.305 e. The molecule has 0 aliphatic carbocycles. The van der Waals surface area contributed by atoms with Crippen molar-refractivity contribution in [3.63, 3.8) is 0 Å². The molecular weight excluding hydrogens is 323 g/mol. The third-order valence-electron chi connectivity index (χ3n) is 4.50. The van der Waals surface area contributed by atoms with Crippen LogP contribution in [0.5, 0.6) is 0 Å². The summed E-state index contributed by atoms with van der Waals surface area (Å²) in [5.74, 6) is -0.319. The van der Waals surface area contributed by atoms with E-state index in [1.807, 2.05) is 6.92 Å². The average Bonchev–Trinajstić information content (AvgIpc) is 2.62. The molecule has 1 fully saturated rings. The molecule has 6 heteroatoms. The number of halogens is 1. The van der Waals surface area contributed by atoms with Gasteiger partial charge in [-0.2, -0.15) is 0 Å². The molecule has 1 saturated heterocycles. The number of hydrogen-bond acceptors (Lipinski definition) is 4. The number of hydrogen-bond donors (Lipinski definition) is 1. The van der Waals surface area contributed by atoms with Gasteiger partial charge in [0.2, 0.25) is 5.91 Å². The molecule has 1 aliphatic rings. The molecule has 1 aliphatic heterocycles. The highest BCUT2D eigenvalue weighted by molar-refractivity contribution is 5.78. The van der Waals surface area contributed by atoms with Crippen LogP contribution in [0.3, 0.4) is 0 Å². The van der Waals surface area contributed by atoms with Crippen LogP contribution in [0.4, 0.5) is 4.39 Å². The highest BCUT2D eigenvalue weighted by Gasteiger charge is 2.24. The predicted octanol–water partition coefficient (Wildman–Crippen LogP) is 2.50. The van der Waals surface area contributed by atoms with Gasteiger partial charge in [-0.3, -0.25) is 9.59 Å². The Morgan fingerprint density at radius 3 is 2.56 bits per heavy atom. The van der Waals surface area contributed by atoms with Gasteiger partial charge in [-0.05, 0) is 63.5 Å². The van der Waals surface area contributed by atoms with Crippen LogP contribution < -0.4 is 5.32 Å². The number of esters is 1. The Balaban J connectivity index is 1.63. The van der Waals surface area contributed by atoms with Gasteiger partial charge in [-0.1, -0.05) is 12.1 Å². The summed E-state index contributed by atoms with van der Waals surface area (Å²) in [5, 5.41) is 2.93. The lowest BCUT2D eigenvalue weighted by Crippen LogP contribution is -2.40. The van der Waals surface area contributed by atoms with Gasteiger partial charge in [-0.15, -0.1) is 0 Å². The minimum atomic E-state index is -0.273. The third-order valence-corrected chi connectivity index (χ3v) is 4.50. The summed E-state index contributed by atoms with van der Waals surface area (Å²) in [7, 11) is 0. The topological polar surface area (TPSA) is 58.6 Å². The Bertz CT molecular complexity index is 554. The third kappa shape index (κ3) is 6.82. The molecule has 138 valence electrons. The fourth-order valence-electron chi connectivity index (χ4n) is 3.03. The van der Waals surface area contributed by atoms with E-state index < -0.39 is 0 Å². The first kappa shape index (κ1) is 19.4. The monoisotopic (exact) mass is 350 g/mol. The summed E-state index contributed by atoms with van der Waals surface area (Å²) >= 11 is 0. The maximum atomic E-state index is 12.9. The number of ether oxygens (including phenoxy) is 1. The predicted molar refractivity (Wildman–Crippen MR) is 93.3 cm³/mol. The van der Waals surface area contributed by atoms with Gasteiger partial charge in [0, 0.05) is 18.9 Å². The number of amides is 1. The lowest BCUT2D eigenvalue weighted by atomic mass is 9.95. The van der Waals surface area contributed by atoms with E-state index >= 15 is 0 Å². The fourth-order valence-corrected chi connectivity index (χ4v) is 3.03. The molecule has 1 N–H and O–H groups in total. The molecule has 1 aromatic rings. The van der Waals surface area contributed by atoms with E-state index in [-0.39, 0.29) is 23.6 Å². The van der Waals surface area contributed by atoms with Crippen LogP contribution in [0, 0.1) is 11.7 Å². The quantitative estimate of drug-likeness (QED) is 0.732. The standard InChI is InChI=1S/C19H27FN2O3/c1-2-25-18(23)4-3-11-22-12-9-16(10-13-22)19(24)21-14-15-5-7-17(20)8-6-15/h5-8,16H,2-4,9-14H2,1H3,(H,21,24). The molecule has 2 rings (SSSR count). The van der Waals surface area contributed by atoms with Crippen LogP contribution in [0.25, 0.3) is 0 Å². The van der Waals surface area contributed by atoms with E-state index in [0.29, 0.717) is 19.6 Å². The molecule has 0 unspecified atom stereocenters. The fraction of sp³-hybridized carbons (Fsp3) is 0.579. The summed E-state index contributed by atoms with van der Waals surface area (Å²) in [6.07, 6.45) is 2.90. The highest BCUT2D eigenvalue weighted by atomic mass is 19.1. The molecule has 0 saturated carbocycles. The van der Waals surface area contributed by atoms with Crippen molar-refractivity contribution in [2.75, 3.05) is 26.2 Å². The van der Waals surface area contributed by atoms with Crippen LogP contribution in [0.2, 0.25) is 0 Å². The zero-order chi connectivity index (χ0) is 18.1. The molecule has 1 aromatic carbocycles. The maximum absolute atomic E-state index is 12.9. The summed E-state index contributed by atoms with van der Waals surface area (Å²) in [6, 6.07) is 6.16. The van der Waals surface area contributed by atoms with Crippen molar-refractivity contribution in [2.45, 2.75) is 39.2 Å². The van der Waals surface area contributed by atoms with Crippen molar-refractivity contribution in [1.82, 2.24) is 10.2 Å². The lowest BCUT2D eigenvalue weighted by Gasteiger charge is -2.31. The first-order valence-corrected chi connectivity index (χ1v) is 8.98. The molecular formula is C19H27FN2O3. The Morgan fingerprint density at radius 1 is 1.24 bits per heavy atom. The number of piperidine rings is 1. The summed E-state index contributed by atoms with van der Waals surface area (Å²) in [6.45, 7) is 5.28. The molecule has 0 atom stereocenters. The van der Waals surface area contributed by atoms with Gasteiger partial charge in [0.05, 0.1) is 6.61 Å². The van der Waals surface area contributed by atoms with Gasteiger partial charge in [0.25, 0.3) is 0 Å². The molecule has 0 bridgehead atoms. The summed E-state index contributed by atoms with van der Waals surface area (Å²) in [5.41, 5.74) is 0.895. The van der Waals surface area contributed by atoms with Gasteiger partial charge >= 0.3 is 5.97 Å². The normalized spacial score (nSPS) is 15.8. The van der Waals surface area contributed by atoms with Gasteiger partial charge in [-0.25, -0.2) is 4.39 Å². The minimum Gasteiger partial charge on any atom is -0.466 e. The molecule has 0 radical (unpaired) electrons. The number of nitrogens with zero attached hydrogens (tertiary/aromatic N) is 1. The Kier molecular flexibility index (Phi) is 7.85. The zero-order valence-electron chi connectivity index (χ0n) is 14.8. The maximum Gasteiger partial charge on any atom is 0.305 e. The Hall–Kier alpha value is -1.95. The molecule has 0 spiro atoms. The van der Waals surface area contributed by atoms with Gasteiger partial charge in [0.15, 0.2) is 0 Å². The van der Waals surface area contributed by atoms with E-state index in [0.717, 1.165) is 44.5 Å². The van der Waals surface area contributed by atoms with E-state index in [4.69, 9.17) is 4.74 Å². The summed E-state index contributed by atoms with van der Waals surface area (Å²) < 4.78 is 17.8. The minimum absolute atomic E-state index is 0.0294. The number of nitrogens with one attached hydrogen (secondary N) is 1. The zero-order valence-corrected chi connectivity index (χ0v) is 14.8. The van der Waals surface area contributed by atoms with Crippen molar-refractivity contribution in [3.05, 3.63) is 35.6 Å². The number of carbonyl (C=O) groups excluding carboxylic acids is 2. The van der Waals surface area contributed by atoms with Crippen LogP contribution in [0.15, 0.2) is 24.3 Å². The van der Waals surface area contributed by atoms with Crippen LogP contribution in [-0.4, -0.2) is 43.0 Å². The van der Waals surface area contributed by atoms with Crippen molar-refractivity contribution < 1.29 is 18.7 Å². The van der Waals surface area contributed by atoms with E-state index in [1.54, 1.807) is 12.1 Å². The van der Waals surface area contributed by atoms with Crippen LogP contribution in [-0.2, 0) is 20.9 Å². The lowest BCUT2D eigenvalue weighted by molar-refractivity contribution is -0.143. The van der Waals surface area contributed by atoms with Crippen molar-refractivity contribution >= 4 is 11.9 Å². The van der Waals surface area contributed by atoms with Crippen molar-refractivity contribution in [3.8, 4) is 0 Å². The largest absolute Gasteiger partial charge is 0.466 e. The summed E-state index contributed by atoms with van der Waals surface area (Å²) in [4.78, 5) is 25.9. The molecule has 0 aromatic heterocycles. The Morgan fingerprint density at radius 2 is 1.92 bits per heavy atom. The van der Waals surface area contributed by atoms with E-state index in [2.05, 4.69) is 10.2 Å². The number of likely N-dealkylation sites (tertiary alicyclic amines) is 1. The number of rotatable bonds is 8. The SMILES string of the molecule is CCOC(=O)CCCN1CCC(C(=O)NCc2ccc(F)cc2)CC1. The second kappa shape index (κ2) is 10.1. The average molecular weight is 350 g/mol. The Labute approximate surface area is 148 Å². The van der Waals surface area contributed by atoms with Crippen molar-refractivity contribution in [1.29, 1.82) is 0 Å². The molecule has 5 nitrogen and oxygen atoms in total. The van der Waals surface area contributed by atoms with Gasteiger partial charge < -0.3 is 15.0 Å². The van der Waals surface area contributed by atoms with Gasteiger partial charge in [0.1, 0.15) is 5.82 Å². The van der Waals surface area contributed by atoms with E-state index in [9.17, 15) is 14.0 Å². The second-order valence-corrected chi connectivity index (χ2v) is 6.37. The van der Waals surface area contributed by atoms with Crippen molar-refractivity contribution in [2.24, 2.45) is 5.92 Å². The second-order valence-electron chi connectivity index (χ2n) is 6.37. The van der Waals surface area contributed by atoms with Crippen LogP contribution in [0.1, 0.15) is 38.2 Å². The molecule has 25 heavy (non-hydrogen) atoms. The van der Waals surface area contributed by atoms with Crippen LogP contribution >= 0.6 is 0 Å². The first-order valence-electron chi connectivity index (χ1n) is 8.98. The number of carbonyl (C=O) groups is 2. The molecule has 1 heterocycles. The van der Waals surface area contributed by atoms with E-state index in [1.165, 1.54) is 12.1 Å². The first-order chi connectivity index (χ1) is 12.1. The highest BCUT2D eigenvalue weighted by Crippen LogP contribution is 2.18. The number of benzene rings is 1. The molecule has 1 amide bonds.